The van der Waals surface area contributed by atoms with Gasteiger partial charge in [-0.25, -0.2) is 4.98 Å². The third-order valence-electron chi connectivity index (χ3n) is 4.48. The number of likely N-dealkylation sites (N-methyl/N-ethyl adjacent to an activating group) is 1. The first-order chi connectivity index (χ1) is 12.7. The number of rotatable bonds is 4. The lowest BCUT2D eigenvalue weighted by Crippen LogP contribution is -2.31. The third-order valence-corrected chi connectivity index (χ3v) is 5.52. The van der Waals surface area contributed by atoms with E-state index in [0.29, 0.717) is 28.7 Å². The number of nitrogens with one attached hydrogen (secondary N) is 2. The highest BCUT2D eigenvalue weighted by Crippen LogP contribution is 2.37. The van der Waals surface area contributed by atoms with Crippen molar-refractivity contribution in [3.05, 3.63) is 34.3 Å². The number of carbonyl (C=O) groups is 2. The SMILES string of the molecule is CCNC(=O)C1CCCc2sc(NC(=O)c3ccc4c(c3)OCO4)nc21. The Kier molecular flexibility index (Phi) is 4.50. The molecule has 2 amide bonds. The molecule has 1 unspecified atom stereocenters. The summed E-state index contributed by atoms with van der Waals surface area (Å²) in [6.07, 6.45) is 2.63. The monoisotopic (exact) mass is 373 g/mol. The van der Waals surface area contributed by atoms with Gasteiger partial charge in [0.1, 0.15) is 0 Å². The zero-order chi connectivity index (χ0) is 18.1. The van der Waals surface area contributed by atoms with Crippen molar-refractivity contribution < 1.29 is 19.1 Å². The minimum absolute atomic E-state index is 0.00685. The highest BCUT2D eigenvalue weighted by Gasteiger charge is 2.30. The van der Waals surface area contributed by atoms with Crippen molar-refractivity contribution >= 4 is 28.3 Å². The van der Waals surface area contributed by atoms with Gasteiger partial charge in [0.25, 0.3) is 5.91 Å². The summed E-state index contributed by atoms with van der Waals surface area (Å²) < 4.78 is 10.6. The van der Waals surface area contributed by atoms with Gasteiger partial charge in [-0.1, -0.05) is 0 Å². The van der Waals surface area contributed by atoms with Gasteiger partial charge >= 0.3 is 0 Å². The molecular weight excluding hydrogens is 354 g/mol. The predicted molar refractivity (Wildman–Crippen MR) is 97.0 cm³/mol. The summed E-state index contributed by atoms with van der Waals surface area (Å²) in [6.45, 7) is 2.67. The van der Waals surface area contributed by atoms with Gasteiger partial charge in [-0.05, 0) is 44.4 Å². The van der Waals surface area contributed by atoms with Crippen LogP contribution in [0.2, 0.25) is 0 Å². The second kappa shape index (κ2) is 6.95. The van der Waals surface area contributed by atoms with E-state index in [1.807, 2.05) is 6.92 Å². The molecule has 2 aromatic rings. The number of aromatic nitrogens is 1. The number of amides is 2. The molecular formula is C18H19N3O4S. The van der Waals surface area contributed by atoms with Crippen molar-refractivity contribution in [2.75, 3.05) is 18.7 Å². The van der Waals surface area contributed by atoms with E-state index in [-0.39, 0.29) is 24.5 Å². The molecule has 8 heteroatoms. The normalized spacial score (nSPS) is 17.5. The molecule has 26 heavy (non-hydrogen) atoms. The van der Waals surface area contributed by atoms with Crippen LogP contribution >= 0.6 is 11.3 Å². The van der Waals surface area contributed by atoms with E-state index < -0.39 is 0 Å². The number of ether oxygens (including phenoxy) is 2. The Hall–Kier alpha value is -2.61. The summed E-state index contributed by atoms with van der Waals surface area (Å²) in [4.78, 5) is 30.4. The maximum Gasteiger partial charge on any atom is 0.257 e. The maximum atomic E-state index is 12.5. The van der Waals surface area contributed by atoms with Crippen LogP contribution in [0.15, 0.2) is 18.2 Å². The van der Waals surface area contributed by atoms with Crippen LogP contribution < -0.4 is 20.1 Å². The molecule has 0 saturated carbocycles. The summed E-state index contributed by atoms with van der Waals surface area (Å²) in [5.74, 6) is 0.714. The van der Waals surface area contributed by atoms with Crippen molar-refractivity contribution in [3.8, 4) is 11.5 Å². The number of hydrogen-bond acceptors (Lipinski definition) is 6. The zero-order valence-corrected chi connectivity index (χ0v) is 15.1. The van der Waals surface area contributed by atoms with Crippen LogP contribution in [0.5, 0.6) is 11.5 Å². The topological polar surface area (TPSA) is 89.6 Å². The van der Waals surface area contributed by atoms with Gasteiger partial charge < -0.3 is 14.8 Å². The average molecular weight is 373 g/mol. The molecule has 0 spiro atoms. The van der Waals surface area contributed by atoms with E-state index in [1.54, 1.807) is 18.2 Å². The van der Waals surface area contributed by atoms with E-state index in [0.717, 1.165) is 29.8 Å². The first-order valence-corrected chi connectivity index (χ1v) is 9.45. The van der Waals surface area contributed by atoms with Gasteiger partial charge in [0.05, 0.1) is 11.6 Å². The fourth-order valence-electron chi connectivity index (χ4n) is 3.23. The van der Waals surface area contributed by atoms with E-state index in [2.05, 4.69) is 15.6 Å². The van der Waals surface area contributed by atoms with E-state index in [4.69, 9.17) is 9.47 Å². The van der Waals surface area contributed by atoms with Crippen LogP contribution in [-0.2, 0) is 11.2 Å². The number of fused-ring (bicyclic) bond motifs is 2. The summed E-state index contributed by atoms with van der Waals surface area (Å²) in [7, 11) is 0. The zero-order valence-electron chi connectivity index (χ0n) is 14.3. The van der Waals surface area contributed by atoms with Crippen molar-refractivity contribution in [1.29, 1.82) is 0 Å². The molecule has 4 rings (SSSR count). The number of hydrogen-bond donors (Lipinski definition) is 2. The molecule has 136 valence electrons. The Morgan fingerprint density at radius 3 is 3.00 bits per heavy atom. The van der Waals surface area contributed by atoms with Crippen LogP contribution in [0.3, 0.4) is 0 Å². The lowest BCUT2D eigenvalue weighted by Gasteiger charge is -2.19. The maximum absolute atomic E-state index is 12.5. The molecule has 1 aromatic heterocycles. The van der Waals surface area contributed by atoms with Crippen LogP contribution in [0, 0.1) is 0 Å². The highest BCUT2D eigenvalue weighted by atomic mass is 32.1. The Balaban J connectivity index is 1.52. The minimum atomic E-state index is -0.260. The summed E-state index contributed by atoms with van der Waals surface area (Å²) >= 11 is 1.44. The quantitative estimate of drug-likeness (QED) is 0.860. The molecule has 2 N–H and O–H groups in total. The number of nitrogens with zero attached hydrogens (tertiary/aromatic N) is 1. The van der Waals surface area contributed by atoms with E-state index >= 15 is 0 Å². The molecule has 1 aliphatic carbocycles. The van der Waals surface area contributed by atoms with Gasteiger partial charge in [0.2, 0.25) is 12.7 Å². The molecule has 0 saturated heterocycles. The average Bonchev–Trinajstić information content (AvgIpc) is 3.26. The van der Waals surface area contributed by atoms with Gasteiger partial charge in [-0.2, -0.15) is 0 Å². The van der Waals surface area contributed by atoms with Crippen LogP contribution in [0.1, 0.15) is 46.6 Å². The summed E-state index contributed by atoms with van der Waals surface area (Å²) in [6, 6.07) is 5.06. The van der Waals surface area contributed by atoms with Crippen molar-refractivity contribution in [2.45, 2.75) is 32.1 Å². The summed E-state index contributed by atoms with van der Waals surface area (Å²) in [5.41, 5.74) is 1.27. The molecule has 1 aromatic carbocycles. The Morgan fingerprint density at radius 2 is 2.15 bits per heavy atom. The predicted octanol–water partition coefficient (Wildman–Crippen LogP) is 2.68. The fraction of sp³-hybridized carbons (Fsp3) is 0.389. The third kappa shape index (κ3) is 3.12. The van der Waals surface area contributed by atoms with Crippen molar-refractivity contribution in [1.82, 2.24) is 10.3 Å². The van der Waals surface area contributed by atoms with Crippen LogP contribution in [0.4, 0.5) is 5.13 Å². The molecule has 2 heterocycles. The number of aryl methyl sites for hydroxylation is 1. The molecule has 0 radical (unpaired) electrons. The van der Waals surface area contributed by atoms with Gasteiger partial charge in [0.15, 0.2) is 16.6 Å². The molecule has 7 nitrogen and oxygen atoms in total. The number of carbonyl (C=O) groups excluding carboxylic acids is 2. The molecule has 0 bridgehead atoms. The lowest BCUT2D eigenvalue weighted by molar-refractivity contribution is -0.122. The van der Waals surface area contributed by atoms with E-state index in [1.165, 1.54) is 11.3 Å². The van der Waals surface area contributed by atoms with Crippen LogP contribution in [0.25, 0.3) is 0 Å². The second-order valence-corrected chi connectivity index (χ2v) is 7.27. The molecule has 2 aliphatic rings. The van der Waals surface area contributed by atoms with Gasteiger partial charge in [0, 0.05) is 17.0 Å². The number of anilines is 1. The van der Waals surface area contributed by atoms with Gasteiger partial charge in [-0.15, -0.1) is 11.3 Å². The first-order valence-electron chi connectivity index (χ1n) is 8.64. The second-order valence-electron chi connectivity index (χ2n) is 6.19. The Morgan fingerprint density at radius 1 is 1.31 bits per heavy atom. The first kappa shape index (κ1) is 16.8. The largest absolute Gasteiger partial charge is 0.454 e. The molecule has 0 fully saturated rings. The molecule has 1 aliphatic heterocycles. The standard InChI is InChI=1S/C18H19N3O4S/c1-2-19-17(23)11-4-3-5-14-15(11)20-18(26-14)21-16(22)10-6-7-12-13(8-10)25-9-24-12/h6-8,11H,2-5,9H2,1H3,(H,19,23)(H,20,21,22). The Labute approximate surface area is 154 Å². The molecule has 1 atom stereocenters. The van der Waals surface area contributed by atoms with Gasteiger partial charge in [-0.3, -0.25) is 14.9 Å². The minimum Gasteiger partial charge on any atom is -0.454 e. The van der Waals surface area contributed by atoms with Crippen molar-refractivity contribution in [3.63, 3.8) is 0 Å². The van der Waals surface area contributed by atoms with Crippen LogP contribution in [-0.4, -0.2) is 30.1 Å². The fourth-order valence-corrected chi connectivity index (χ4v) is 4.29. The summed E-state index contributed by atoms with van der Waals surface area (Å²) in [5, 5.41) is 6.23. The van der Waals surface area contributed by atoms with E-state index in [9.17, 15) is 9.59 Å². The lowest BCUT2D eigenvalue weighted by atomic mass is 9.90. The van der Waals surface area contributed by atoms with Crippen molar-refractivity contribution in [2.24, 2.45) is 0 Å². The Bertz CT molecular complexity index is 864. The number of thiazole rings is 1. The number of benzene rings is 1. The highest BCUT2D eigenvalue weighted by molar-refractivity contribution is 7.15. The smallest absolute Gasteiger partial charge is 0.257 e.